The van der Waals surface area contributed by atoms with Crippen LogP contribution < -0.4 is 14.4 Å². The molecule has 140 valence electrons. The van der Waals surface area contributed by atoms with Crippen molar-refractivity contribution in [3.8, 4) is 5.75 Å². The monoisotopic (exact) mass is 396 g/mol. The first-order valence-corrected chi connectivity index (χ1v) is 10.1. The molecule has 0 saturated carbocycles. The molecule has 2 aromatic rings. The lowest BCUT2D eigenvalue weighted by Crippen LogP contribution is -2.47. The molecule has 0 aromatic heterocycles. The normalized spacial score (nSPS) is 12.3. The first-order chi connectivity index (χ1) is 12.2. The Morgan fingerprint density at radius 3 is 2.23 bits per heavy atom. The fourth-order valence-corrected chi connectivity index (χ4v) is 3.78. The molecule has 0 unspecified atom stereocenters. The molecule has 1 N–H and O–H groups in total. The number of amides is 1. The van der Waals surface area contributed by atoms with Crippen molar-refractivity contribution in [3.63, 3.8) is 0 Å². The number of nitrogens with one attached hydrogen (secondary N) is 1. The van der Waals surface area contributed by atoms with E-state index in [1.807, 2.05) is 0 Å². The van der Waals surface area contributed by atoms with E-state index in [4.69, 9.17) is 16.3 Å². The summed E-state index contributed by atoms with van der Waals surface area (Å²) < 4.78 is 30.7. The van der Waals surface area contributed by atoms with Crippen LogP contribution in [0.5, 0.6) is 5.75 Å². The number of methoxy groups -OCH3 is 1. The van der Waals surface area contributed by atoms with Crippen LogP contribution >= 0.6 is 11.6 Å². The highest BCUT2D eigenvalue weighted by atomic mass is 35.5. The average Bonchev–Trinajstić information content (AvgIpc) is 2.60. The van der Waals surface area contributed by atoms with Gasteiger partial charge in [-0.25, -0.2) is 8.42 Å². The number of ether oxygens (including phenoxy) is 1. The molecule has 8 heteroatoms. The highest BCUT2D eigenvalue weighted by molar-refractivity contribution is 7.92. The largest absolute Gasteiger partial charge is 0.497 e. The number of anilines is 1. The average molecular weight is 397 g/mol. The molecule has 0 radical (unpaired) electrons. The summed E-state index contributed by atoms with van der Waals surface area (Å²) in [5.41, 5.74) is 1.26. The summed E-state index contributed by atoms with van der Waals surface area (Å²) in [6.45, 7) is 1.82. The Kier molecular flexibility index (Phi) is 6.50. The summed E-state index contributed by atoms with van der Waals surface area (Å²) in [5, 5.41) is 3.36. The standard InChI is InChI=1S/C18H21ClN2O4S/c1-13(18(22)20-12-14-4-6-15(19)7-5-14)21(26(3,23)24)16-8-10-17(25-2)11-9-16/h4-11,13H,12H2,1-3H3,(H,20,22)/t13-/m1/s1. The van der Waals surface area contributed by atoms with Gasteiger partial charge in [-0.3, -0.25) is 9.10 Å². The predicted octanol–water partition coefficient (Wildman–Crippen LogP) is 2.82. The number of nitrogens with zero attached hydrogens (tertiary/aromatic N) is 1. The van der Waals surface area contributed by atoms with Crippen molar-refractivity contribution in [1.29, 1.82) is 0 Å². The van der Waals surface area contributed by atoms with E-state index in [0.29, 0.717) is 16.5 Å². The van der Waals surface area contributed by atoms with Gasteiger partial charge in [-0.1, -0.05) is 23.7 Å². The van der Waals surface area contributed by atoms with Gasteiger partial charge in [-0.05, 0) is 48.9 Å². The number of carbonyl (C=O) groups excluding carboxylic acids is 1. The number of halogens is 1. The lowest BCUT2D eigenvalue weighted by Gasteiger charge is -2.28. The topological polar surface area (TPSA) is 75.7 Å². The van der Waals surface area contributed by atoms with Gasteiger partial charge in [0, 0.05) is 11.6 Å². The maximum Gasteiger partial charge on any atom is 0.243 e. The van der Waals surface area contributed by atoms with Crippen LogP contribution in [0.1, 0.15) is 12.5 Å². The number of benzene rings is 2. The minimum atomic E-state index is -3.66. The van der Waals surface area contributed by atoms with Crippen molar-refractivity contribution >= 4 is 33.2 Å². The summed E-state index contributed by atoms with van der Waals surface area (Å²) in [7, 11) is -2.13. The van der Waals surface area contributed by atoms with Crippen LogP contribution in [0.3, 0.4) is 0 Å². The van der Waals surface area contributed by atoms with Crippen LogP contribution in [-0.4, -0.2) is 33.7 Å². The van der Waals surface area contributed by atoms with Crippen molar-refractivity contribution in [2.24, 2.45) is 0 Å². The van der Waals surface area contributed by atoms with E-state index in [1.54, 1.807) is 55.5 Å². The lowest BCUT2D eigenvalue weighted by molar-refractivity contribution is -0.122. The van der Waals surface area contributed by atoms with Gasteiger partial charge in [0.25, 0.3) is 0 Å². The van der Waals surface area contributed by atoms with Crippen molar-refractivity contribution in [1.82, 2.24) is 5.32 Å². The molecule has 1 amide bonds. The van der Waals surface area contributed by atoms with Gasteiger partial charge in [0.15, 0.2) is 0 Å². The highest BCUT2D eigenvalue weighted by Gasteiger charge is 2.28. The number of sulfonamides is 1. The van der Waals surface area contributed by atoms with E-state index in [-0.39, 0.29) is 6.54 Å². The highest BCUT2D eigenvalue weighted by Crippen LogP contribution is 2.23. The van der Waals surface area contributed by atoms with Gasteiger partial charge >= 0.3 is 0 Å². The van der Waals surface area contributed by atoms with Crippen LogP contribution in [0.4, 0.5) is 5.69 Å². The molecular weight excluding hydrogens is 376 g/mol. The minimum absolute atomic E-state index is 0.278. The van der Waals surface area contributed by atoms with Gasteiger partial charge in [0.1, 0.15) is 11.8 Å². The van der Waals surface area contributed by atoms with E-state index in [0.717, 1.165) is 16.1 Å². The number of carbonyl (C=O) groups is 1. The van der Waals surface area contributed by atoms with Gasteiger partial charge in [0.2, 0.25) is 15.9 Å². The second-order valence-electron chi connectivity index (χ2n) is 5.78. The van der Waals surface area contributed by atoms with Crippen molar-refractivity contribution in [2.75, 3.05) is 17.7 Å². The molecule has 1 atom stereocenters. The lowest BCUT2D eigenvalue weighted by atomic mass is 10.2. The molecule has 0 aliphatic heterocycles. The molecule has 6 nitrogen and oxygen atoms in total. The van der Waals surface area contributed by atoms with Crippen LogP contribution in [0.25, 0.3) is 0 Å². The maximum atomic E-state index is 12.5. The molecule has 0 heterocycles. The fraction of sp³-hybridized carbons (Fsp3) is 0.278. The summed E-state index contributed by atoms with van der Waals surface area (Å²) in [6.07, 6.45) is 1.07. The fourth-order valence-electron chi connectivity index (χ4n) is 2.48. The summed E-state index contributed by atoms with van der Waals surface area (Å²) in [4.78, 5) is 12.5. The first kappa shape index (κ1) is 20.1. The summed E-state index contributed by atoms with van der Waals surface area (Å²) >= 11 is 5.84. The molecule has 0 bridgehead atoms. The minimum Gasteiger partial charge on any atom is -0.497 e. The van der Waals surface area contributed by atoms with Crippen molar-refractivity contribution in [2.45, 2.75) is 19.5 Å². The molecule has 0 fully saturated rings. The molecule has 0 saturated heterocycles. The van der Waals surface area contributed by atoms with E-state index < -0.39 is 22.0 Å². The maximum absolute atomic E-state index is 12.5. The molecule has 2 rings (SSSR count). The first-order valence-electron chi connectivity index (χ1n) is 7.88. The van der Waals surface area contributed by atoms with Crippen molar-refractivity contribution < 1.29 is 17.9 Å². The van der Waals surface area contributed by atoms with Gasteiger partial charge < -0.3 is 10.1 Å². The number of hydrogen-bond acceptors (Lipinski definition) is 4. The Bertz CT molecular complexity index is 852. The van der Waals surface area contributed by atoms with Crippen LogP contribution in [0.2, 0.25) is 5.02 Å². The summed E-state index contributed by atoms with van der Waals surface area (Å²) in [6, 6.07) is 12.6. The second-order valence-corrected chi connectivity index (χ2v) is 8.07. The predicted molar refractivity (Wildman–Crippen MR) is 103 cm³/mol. The van der Waals surface area contributed by atoms with E-state index >= 15 is 0 Å². The van der Waals surface area contributed by atoms with E-state index in [9.17, 15) is 13.2 Å². The van der Waals surface area contributed by atoms with Gasteiger partial charge in [-0.15, -0.1) is 0 Å². The van der Waals surface area contributed by atoms with Crippen molar-refractivity contribution in [3.05, 3.63) is 59.1 Å². The summed E-state index contributed by atoms with van der Waals surface area (Å²) in [5.74, 6) is 0.197. The third-order valence-corrected chi connectivity index (χ3v) is 5.29. The Morgan fingerprint density at radius 1 is 1.15 bits per heavy atom. The van der Waals surface area contributed by atoms with Gasteiger partial charge in [0.05, 0.1) is 19.1 Å². The SMILES string of the molecule is COc1ccc(N([C@H](C)C(=O)NCc2ccc(Cl)cc2)S(C)(=O)=O)cc1. The van der Waals surface area contributed by atoms with Crippen LogP contribution in [-0.2, 0) is 21.4 Å². The third-order valence-electron chi connectivity index (χ3n) is 3.80. The van der Waals surface area contributed by atoms with E-state index in [1.165, 1.54) is 7.11 Å². The van der Waals surface area contributed by atoms with Crippen LogP contribution in [0, 0.1) is 0 Å². The van der Waals surface area contributed by atoms with E-state index in [2.05, 4.69) is 5.32 Å². The molecule has 0 aliphatic rings. The van der Waals surface area contributed by atoms with Gasteiger partial charge in [-0.2, -0.15) is 0 Å². The molecule has 0 aliphatic carbocycles. The number of hydrogen-bond donors (Lipinski definition) is 1. The molecular formula is C18H21ClN2O4S. The smallest absolute Gasteiger partial charge is 0.243 e. The second kappa shape index (κ2) is 8.42. The molecule has 2 aromatic carbocycles. The molecule has 26 heavy (non-hydrogen) atoms. The quantitative estimate of drug-likeness (QED) is 0.780. The van der Waals surface area contributed by atoms with Crippen LogP contribution in [0.15, 0.2) is 48.5 Å². The Balaban J connectivity index is 2.16. The Labute approximate surface area is 158 Å². The molecule has 0 spiro atoms. The third kappa shape index (κ3) is 5.12. The zero-order valence-corrected chi connectivity index (χ0v) is 16.3. The Hall–Kier alpha value is -2.25. The zero-order chi connectivity index (χ0) is 19.3. The Morgan fingerprint density at radius 2 is 1.73 bits per heavy atom. The zero-order valence-electron chi connectivity index (χ0n) is 14.8. The number of rotatable bonds is 7.